The second kappa shape index (κ2) is 7.10. The number of halogens is 3. The monoisotopic (exact) mass is 389 g/mol. The molecule has 0 radical (unpaired) electrons. The van der Waals surface area contributed by atoms with Crippen LogP contribution in [0.4, 0.5) is 18.9 Å². The summed E-state index contributed by atoms with van der Waals surface area (Å²) in [4.78, 5) is 28.8. The zero-order valence-electron chi connectivity index (χ0n) is 15.5. The minimum absolute atomic E-state index is 0.0128. The molecule has 0 unspecified atom stereocenters. The Morgan fingerprint density at radius 3 is 2.29 bits per heavy atom. The molecule has 0 aliphatic carbocycles. The lowest BCUT2D eigenvalue weighted by Gasteiger charge is -2.20. The van der Waals surface area contributed by atoms with Crippen molar-refractivity contribution in [2.45, 2.75) is 33.0 Å². The van der Waals surface area contributed by atoms with Crippen LogP contribution >= 0.6 is 0 Å². The van der Waals surface area contributed by atoms with E-state index in [1.807, 2.05) is 32.0 Å². The van der Waals surface area contributed by atoms with Crippen LogP contribution in [-0.4, -0.2) is 15.5 Å². The number of hydrogen-bond donors (Lipinski definition) is 1. The summed E-state index contributed by atoms with van der Waals surface area (Å²) in [6.07, 6.45) is -4.92. The molecule has 28 heavy (non-hydrogen) atoms. The Kier molecular flexibility index (Phi) is 4.97. The normalized spacial score (nSPS) is 12.8. The van der Waals surface area contributed by atoms with E-state index in [9.17, 15) is 22.8 Å². The highest BCUT2D eigenvalue weighted by molar-refractivity contribution is 5.95. The molecule has 0 bridgehead atoms. The van der Waals surface area contributed by atoms with Gasteiger partial charge in [-0.1, -0.05) is 30.3 Å². The minimum atomic E-state index is -4.92. The van der Waals surface area contributed by atoms with Gasteiger partial charge in [-0.05, 0) is 44.0 Å². The van der Waals surface area contributed by atoms with E-state index in [1.165, 1.54) is 25.1 Å². The van der Waals surface area contributed by atoms with Crippen molar-refractivity contribution in [2.24, 2.45) is 0 Å². The fraction of sp³-hybridized carbons (Fsp3) is 0.250. The Labute approximate surface area is 158 Å². The number of carbonyl (C=O) groups excluding carboxylic acids is 1. The second-order valence-corrected chi connectivity index (χ2v) is 6.55. The molecule has 1 amide bonds. The predicted octanol–water partition coefficient (Wildman–Crippen LogP) is 4.23. The quantitative estimate of drug-likeness (QED) is 0.729. The summed E-state index contributed by atoms with van der Waals surface area (Å²) in [5.41, 5.74) is -0.562. The number of carbonyl (C=O) groups is 1. The average molecular weight is 389 g/mol. The van der Waals surface area contributed by atoms with Gasteiger partial charge in [-0.2, -0.15) is 13.2 Å². The van der Waals surface area contributed by atoms with Crippen molar-refractivity contribution in [3.05, 3.63) is 69.6 Å². The molecule has 1 heterocycles. The standard InChI is InChI=1S/C20H18F3N3O2/c1-11-7-6-8-12(2)16(11)25-18(27)13(3)26-15-10-5-4-9-14(15)24-17(19(26)28)20(21,22)23/h4-10,13H,1-3H3,(H,25,27)/t13-/m0/s1. The van der Waals surface area contributed by atoms with E-state index in [4.69, 9.17) is 0 Å². The van der Waals surface area contributed by atoms with Crippen molar-refractivity contribution in [3.8, 4) is 0 Å². The number of aromatic nitrogens is 2. The zero-order valence-corrected chi connectivity index (χ0v) is 15.5. The Hall–Kier alpha value is -3.16. The number of benzene rings is 2. The largest absolute Gasteiger partial charge is 0.438 e. The number of alkyl halides is 3. The van der Waals surface area contributed by atoms with Crippen LogP contribution in [0.3, 0.4) is 0 Å². The molecule has 1 N–H and O–H groups in total. The first-order valence-electron chi connectivity index (χ1n) is 8.57. The maximum absolute atomic E-state index is 13.3. The zero-order chi connectivity index (χ0) is 20.6. The smallest absolute Gasteiger partial charge is 0.324 e. The Morgan fingerprint density at radius 2 is 1.68 bits per heavy atom. The summed E-state index contributed by atoms with van der Waals surface area (Å²) < 4.78 is 40.7. The van der Waals surface area contributed by atoms with Crippen molar-refractivity contribution >= 4 is 22.6 Å². The summed E-state index contributed by atoms with van der Waals surface area (Å²) in [7, 11) is 0. The molecule has 0 saturated heterocycles. The SMILES string of the molecule is Cc1cccc(C)c1NC(=O)[C@H](C)n1c(=O)c(C(F)(F)F)nc2ccccc21. The molecule has 0 fully saturated rings. The van der Waals surface area contributed by atoms with Crippen molar-refractivity contribution in [1.29, 1.82) is 0 Å². The van der Waals surface area contributed by atoms with E-state index in [-0.39, 0.29) is 11.0 Å². The minimum Gasteiger partial charge on any atom is -0.324 e. The highest BCUT2D eigenvalue weighted by Gasteiger charge is 2.38. The van der Waals surface area contributed by atoms with Crippen molar-refractivity contribution in [3.63, 3.8) is 0 Å². The molecule has 1 aromatic heterocycles. The first-order chi connectivity index (χ1) is 13.1. The number of rotatable bonds is 3. The second-order valence-electron chi connectivity index (χ2n) is 6.55. The molecule has 0 aliphatic rings. The van der Waals surface area contributed by atoms with Crippen LogP contribution in [0.15, 0.2) is 47.3 Å². The molecule has 5 nitrogen and oxygen atoms in total. The van der Waals surface area contributed by atoms with Crippen LogP contribution in [0.5, 0.6) is 0 Å². The van der Waals surface area contributed by atoms with Gasteiger partial charge >= 0.3 is 6.18 Å². The molecule has 1 atom stereocenters. The molecule has 146 valence electrons. The van der Waals surface area contributed by atoms with Gasteiger partial charge in [0.2, 0.25) is 11.6 Å². The van der Waals surface area contributed by atoms with Crippen LogP contribution in [0, 0.1) is 13.8 Å². The number of nitrogens with one attached hydrogen (secondary N) is 1. The predicted molar refractivity (Wildman–Crippen MR) is 100 cm³/mol. The maximum Gasteiger partial charge on any atom is 0.438 e. The van der Waals surface area contributed by atoms with Gasteiger partial charge in [-0.3, -0.25) is 14.2 Å². The fourth-order valence-electron chi connectivity index (χ4n) is 3.08. The van der Waals surface area contributed by atoms with Gasteiger partial charge in [-0.15, -0.1) is 0 Å². The van der Waals surface area contributed by atoms with E-state index in [0.717, 1.165) is 15.7 Å². The number of hydrogen-bond acceptors (Lipinski definition) is 3. The van der Waals surface area contributed by atoms with E-state index >= 15 is 0 Å². The number of anilines is 1. The number of aryl methyl sites for hydroxylation is 2. The molecule has 2 aromatic carbocycles. The van der Waals surface area contributed by atoms with E-state index < -0.39 is 29.4 Å². The third-order valence-electron chi connectivity index (χ3n) is 4.56. The highest BCUT2D eigenvalue weighted by atomic mass is 19.4. The van der Waals surface area contributed by atoms with E-state index in [0.29, 0.717) is 5.69 Å². The van der Waals surface area contributed by atoms with E-state index in [1.54, 1.807) is 6.07 Å². The Balaban J connectivity index is 2.13. The first kappa shape index (κ1) is 19.6. The van der Waals surface area contributed by atoms with Crippen LogP contribution in [0.1, 0.15) is 29.8 Å². The molecule has 8 heteroatoms. The highest BCUT2D eigenvalue weighted by Crippen LogP contribution is 2.28. The lowest BCUT2D eigenvalue weighted by atomic mass is 10.1. The van der Waals surface area contributed by atoms with Gasteiger partial charge in [0.1, 0.15) is 6.04 Å². The van der Waals surface area contributed by atoms with Crippen LogP contribution in [0.25, 0.3) is 11.0 Å². The third kappa shape index (κ3) is 3.49. The Bertz CT molecular complexity index is 1100. The molecule has 0 aliphatic heterocycles. The van der Waals surface area contributed by atoms with Crippen LogP contribution < -0.4 is 10.9 Å². The third-order valence-corrected chi connectivity index (χ3v) is 4.56. The molecule has 3 rings (SSSR count). The van der Waals surface area contributed by atoms with Crippen molar-refractivity contribution in [2.75, 3.05) is 5.32 Å². The average Bonchev–Trinajstić information content (AvgIpc) is 2.62. The van der Waals surface area contributed by atoms with Crippen LogP contribution in [-0.2, 0) is 11.0 Å². The first-order valence-corrected chi connectivity index (χ1v) is 8.57. The van der Waals surface area contributed by atoms with Gasteiger partial charge < -0.3 is 5.32 Å². The summed E-state index contributed by atoms with van der Waals surface area (Å²) in [6, 6.07) is 10.2. The number of amides is 1. The lowest BCUT2D eigenvalue weighted by molar-refractivity contribution is -0.142. The summed E-state index contributed by atoms with van der Waals surface area (Å²) in [6.45, 7) is 5.00. The van der Waals surface area contributed by atoms with Gasteiger partial charge in [-0.25, -0.2) is 4.98 Å². The summed E-state index contributed by atoms with van der Waals surface area (Å²) >= 11 is 0. The molecule has 0 saturated carbocycles. The van der Waals surface area contributed by atoms with Gasteiger partial charge in [0, 0.05) is 5.69 Å². The van der Waals surface area contributed by atoms with Crippen molar-refractivity contribution < 1.29 is 18.0 Å². The lowest BCUT2D eigenvalue weighted by Crippen LogP contribution is -2.36. The molecule has 0 spiro atoms. The maximum atomic E-state index is 13.3. The van der Waals surface area contributed by atoms with Crippen LogP contribution in [0.2, 0.25) is 0 Å². The molecular formula is C20H18F3N3O2. The van der Waals surface area contributed by atoms with E-state index in [2.05, 4.69) is 10.3 Å². The summed E-state index contributed by atoms with van der Waals surface area (Å²) in [5, 5.41) is 2.73. The topological polar surface area (TPSA) is 64.0 Å². The molecular weight excluding hydrogens is 371 g/mol. The van der Waals surface area contributed by atoms with Gasteiger partial charge in [0.05, 0.1) is 11.0 Å². The van der Waals surface area contributed by atoms with Gasteiger partial charge in [0.25, 0.3) is 5.56 Å². The number of nitrogens with zero attached hydrogens (tertiary/aromatic N) is 2. The van der Waals surface area contributed by atoms with Crippen molar-refractivity contribution in [1.82, 2.24) is 9.55 Å². The Morgan fingerprint density at radius 1 is 1.07 bits per heavy atom. The fourth-order valence-corrected chi connectivity index (χ4v) is 3.08. The number of para-hydroxylation sites is 3. The summed E-state index contributed by atoms with van der Waals surface area (Å²) in [5.74, 6) is -0.594. The number of fused-ring (bicyclic) bond motifs is 1. The molecule has 3 aromatic rings. The van der Waals surface area contributed by atoms with Gasteiger partial charge in [0.15, 0.2) is 0 Å².